The second-order valence-electron chi connectivity index (χ2n) is 4.77. The fourth-order valence-electron chi connectivity index (χ4n) is 1.88. The van der Waals surface area contributed by atoms with E-state index in [1.54, 1.807) is 25.1 Å². The molecule has 3 amide bonds. The molecular weight excluding hydrogens is 336 g/mol. The number of urea groups is 1. The molecule has 0 radical (unpaired) electrons. The van der Waals surface area contributed by atoms with Gasteiger partial charge < -0.3 is 19.2 Å². The average Bonchev–Trinajstić information content (AvgIpc) is 3.22. The Labute approximate surface area is 141 Å². The van der Waals surface area contributed by atoms with Gasteiger partial charge in [0, 0.05) is 12.6 Å². The van der Waals surface area contributed by atoms with Gasteiger partial charge in [0.25, 0.3) is 5.22 Å². The number of hydrogen-bond donors (Lipinski definition) is 2. The molecule has 0 aliphatic carbocycles. The molecule has 0 spiro atoms. The van der Waals surface area contributed by atoms with Gasteiger partial charge in [-0.15, -0.1) is 10.2 Å². The zero-order valence-corrected chi connectivity index (χ0v) is 13.7. The molecule has 1 aromatic heterocycles. The lowest BCUT2D eigenvalue weighted by Crippen LogP contribution is -2.41. The summed E-state index contributed by atoms with van der Waals surface area (Å²) >= 11 is 1.06. The van der Waals surface area contributed by atoms with Crippen LogP contribution in [-0.4, -0.2) is 41.2 Å². The number of carbonyl (C=O) groups is 2. The van der Waals surface area contributed by atoms with E-state index in [1.807, 2.05) is 0 Å². The van der Waals surface area contributed by atoms with E-state index in [1.165, 1.54) is 7.05 Å². The molecule has 0 saturated heterocycles. The first-order valence-electron chi connectivity index (χ1n) is 6.99. The summed E-state index contributed by atoms with van der Waals surface area (Å²) in [4.78, 5) is 22.9. The third-order valence-corrected chi connectivity index (χ3v) is 4.07. The molecule has 126 valence electrons. The van der Waals surface area contributed by atoms with Gasteiger partial charge in [0.15, 0.2) is 11.5 Å². The molecule has 0 unspecified atom stereocenters. The fourth-order valence-corrected chi connectivity index (χ4v) is 2.57. The molecule has 2 N–H and O–H groups in total. The fraction of sp³-hybridized carbons (Fsp3) is 0.286. The second-order valence-corrected chi connectivity index (χ2v) is 6.06. The third-order valence-electron chi connectivity index (χ3n) is 3.14. The van der Waals surface area contributed by atoms with E-state index in [4.69, 9.17) is 13.9 Å². The monoisotopic (exact) mass is 350 g/mol. The number of nitrogens with one attached hydrogen (secondary N) is 2. The molecule has 24 heavy (non-hydrogen) atoms. The van der Waals surface area contributed by atoms with Crippen LogP contribution in [0, 0.1) is 0 Å². The zero-order valence-electron chi connectivity index (χ0n) is 12.9. The van der Waals surface area contributed by atoms with Crippen molar-refractivity contribution in [2.75, 3.05) is 13.8 Å². The maximum atomic E-state index is 11.8. The number of fused-ring (bicyclic) bond motifs is 1. The number of thioether (sulfide) groups is 1. The maximum Gasteiger partial charge on any atom is 0.321 e. The van der Waals surface area contributed by atoms with Crippen LogP contribution < -0.4 is 20.1 Å². The smallest absolute Gasteiger partial charge is 0.321 e. The molecule has 2 heterocycles. The number of imide groups is 1. The van der Waals surface area contributed by atoms with Crippen molar-refractivity contribution in [1.82, 2.24) is 20.8 Å². The number of rotatable bonds is 4. The first kappa shape index (κ1) is 16.1. The quantitative estimate of drug-likeness (QED) is 0.795. The van der Waals surface area contributed by atoms with Gasteiger partial charge in [-0.1, -0.05) is 11.8 Å². The molecule has 1 atom stereocenters. The highest BCUT2D eigenvalue weighted by atomic mass is 32.2. The summed E-state index contributed by atoms with van der Waals surface area (Å²) in [6, 6.07) is 4.70. The van der Waals surface area contributed by atoms with Crippen LogP contribution in [0.3, 0.4) is 0 Å². The summed E-state index contributed by atoms with van der Waals surface area (Å²) in [5.74, 6) is 1.11. The molecule has 0 saturated carbocycles. The number of carbonyl (C=O) groups excluding carboxylic acids is 2. The van der Waals surface area contributed by atoms with Crippen LogP contribution in [0.4, 0.5) is 4.79 Å². The summed E-state index contributed by atoms with van der Waals surface area (Å²) in [5.41, 5.74) is 0.682. The highest BCUT2D eigenvalue weighted by Gasteiger charge is 2.21. The van der Waals surface area contributed by atoms with E-state index in [2.05, 4.69) is 20.8 Å². The molecule has 0 fully saturated rings. The van der Waals surface area contributed by atoms with E-state index in [0.717, 1.165) is 11.8 Å². The Kier molecular flexibility index (Phi) is 4.56. The van der Waals surface area contributed by atoms with Gasteiger partial charge in [-0.2, -0.15) is 0 Å². The lowest BCUT2D eigenvalue weighted by Gasteiger charge is -2.07. The number of benzene rings is 1. The Hall–Kier alpha value is -2.75. The van der Waals surface area contributed by atoms with Gasteiger partial charge in [0.1, 0.15) is 0 Å². The first-order valence-corrected chi connectivity index (χ1v) is 7.87. The number of aromatic nitrogens is 2. The zero-order chi connectivity index (χ0) is 17.1. The minimum Gasteiger partial charge on any atom is -0.454 e. The Morgan fingerprint density at radius 1 is 1.25 bits per heavy atom. The van der Waals surface area contributed by atoms with Crippen LogP contribution >= 0.6 is 11.8 Å². The van der Waals surface area contributed by atoms with Crippen molar-refractivity contribution in [3.8, 4) is 23.0 Å². The normalized spacial score (nSPS) is 13.4. The second kappa shape index (κ2) is 6.79. The Morgan fingerprint density at radius 2 is 2.04 bits per heavy atom. The molecule has 0 bridgehead atoms. The molecule has 1 aliphatic heterocycles. The summed E-state index contributed by atoms with van der Waals surface area (Å²) in [6.07, 6.45) is 0. The number of amides is 3. The molecule has 9 nitrogen and oxygen atoms in total. The molecular formula is C14H14N4O5S. The molecule has 2 aromatic rings. The maximum absolute atomic E-state index is 11.8. The van der Waals surface area contributed by atoms with E-state index in [9.17, 15) is 9.59 Å². The van der Waals surface area contributed by atoms with Gasteiger partial charge in [0.2, 0.25) is 18.6 Å². The third kappa shape index (κ3) is 3.43. The van der Waals surface area contributed by atoms with Crippen LogP contribution in [0.15, 0.2) is 27.8 Å². The standard InChI is InChI=1S/C14H14N4O5S/c1-7(11(19)16-13(20)15-2)24-14-18-17-12(23-14)8-3-4-9-10(5-8)22-6-21-9/h3-5,7H,6H2,1-2H3,(H2,15,16,19,20)/t7-/m0/s1. The number of nitrogens with zero attached hydrogens (tertiary/aromatic N) is 2. The van der Waals surface area contributed by atoms with Crippen molar-refractivity contribution >= 4 is 23.7 Å². The lowest BCUT2D eigenvalue weighted by atomic mass is 10.2. The molecule has 10 heteroatoms. The van der Waals surface area contributed by atoms with Crippen molar-refractivity contribution < 1.29 is 23.5 Å². The van der Waals surface area contributed by atoms with Gasteiger partial charge in [-0.25, -0.2) is 4.79 Å². The van der Waals surface area contributed by atoms with Gasteiger partial charge in [-0.05, 0) is 25.1 Å². The summed E-state index contributed by atoms with van der Waals surface area (Å²) in [7, 11) is 1.43. The summed E-state index contributed by atoms with van der Waals surface area (Å²) in [5, 5.41) is 12.0. The molecule has 1 aromatic carbocycles. The predicted molar refractivity (Wildman–Crippen MR) is 83.8 cm³/mol. The van der Waals surface area contributed by atoms with Crippen LogP contribution in [0.2, 0.25) is 0 Å². The highest BCUT2D eigenvalue weighted by Crippen LogP contribution is 2.36. The average molecular weight is 350 g/mol. The van der Waals surface area contributed by atoms with Crippen molar-refractivity contribution in [1.29, 1.82) is 0 Å². The summed E-state index contributed by atoms with van der Waals surface area (Å²) < 4.78 is 16.1. The minimum atomic E-state index is -0.577. The van der Waals surface area contributed by atoms with E-state index in [0.29, 0.717) is 23.0 Å². The number of ether oxygens (including phenoxy) is 2. The van der Waals surface area contributed by atoms with Crippen molar-refractivity contribution in [3.63, 3.8) is 0 Å². The van der Waals surface area contributed by atoms with Gasteiger partial charge >= 0.3 is 6.03 Å². The van der Waals surface area contributed by atoms with Gasteiger partial charge in [0.05, 0.1) is 5.25 Å². The van der Waals surface area contributed by atoms with E-state index < -0.39 is 17.2 Å². The summed E-state index contributed by atoms with van der Waals surface area (Å²) in [6.45, 7) is 1.81. The van der Waals surface area contributed by atoms with E-state index in [-0.39, 0.29) is 12.0 Å². The Bertz CT molecular complexity index is 778. The van der Waals surface area contributed by atoms with Gasteiger partial charge in [-0.3, -0.25) is 10.1 Å². The van der Waals surface area contributed by atoms with Crippen LogP contribution in [0.25, 0.3) is 11.5 Å². The highest BCUT2D eigenvalue weighted by molar-refractivity contribution is 8.00. The van der Waals surface area contributed by atoms with E-state index >= 15 is 0 Å². The Morgan fingerprint density at radius 3 is 2.83 bits per heavy atom. The van der Waals surface area contributed by atoms with Crippen LogP contribution in [0.5, 0.6) is 11.5 Å². The first-order chi connectivity index (χ1) is 11.6. The number of hydrogen-bond acceptors (Lipinski definition) is 8. The minimum absolute atomic E-state index is 0.182. The lowest BCUT2D eigenvalue weighted by molar-refractivity contribution is -0.119. The van der Waals surface area contributed by atoms with Crippen molar-refractivity contribution in [3.05, 3.63) is 18.2 Å². The molecule has 1 aliphatic rings. The van der Waals surface area contributed by atoms with Crippen LogP contribution in [0.1, 0.15) is 6.92 Å². The topological polar surface area (TPSA) is 116 Å². The van der Waals surface area contributed by atoms with Crippen molar-refractivity contribution in [2.45, 2.75) is 17.4 Å². The van der Waals surface area contributed by atoms with Crippen molar-refractivity contribution in [2.24, 2.45) is 0 Å². The largest absolute Gasteiger partial charge is 0.454 e. The molecule has 3 rings (SSSR count). The Balaban J connectivity index is 1.67. The predicted octanol–water partition coefficient (Wildman–Crippen LogP) is 1.40. The van der Waals surface area contributed by atoms with Crippen LogP contribution in [-0.2, 0) is 4.79 Å². The SMILES string of the molecule is CNC(=O)NC(=O)[C@H](C)Sc1nnc(-c2ccc3c(c2)OCO3)o1.